The van der Waals surface area contributed by atoms with E-state index in [0.29, 0.717) is 17.5 Å². The molecule has 0 radical (unpaired) electrons. The van der Waals surface area contributed by atoms with Gasteiger partial charge in [-0.2, -0.15) is 0 Å². The Kier molecular flexibility index (Phi) is 8.22. The third-order valence-corrected chi connectivity index (χ3v) is 4.19. The maximum atomic E-state index is 11.8. The van der Waals surface area contributed by atoms with Crippen LogP contribution in [-0.2, 0) is 9.53 Å². The van der Waals surface area contributed by atoms with E-state index in [1.54, 1.807) is 7.11 Å². The molecule has 0 aliphatic carbocycles. The summed E-state index contributed by atoms with van der Waals surface area (Å²) in [4.78, 5) is 12.9. The van der Waals surface area contributed by atoms with E-state index in [-0.39, 0.29) is 11.9 Å². The van der Waals surface area contributed by atoms with Crippen LogP contribution in [0.2, 0.25) is 0 Å². The molecule has 0 saturated heterocycles. The smallest absolute Gasteiger partial charge is 0.248 e. The van der Waals surface area contributed by atoms with E-state index in [1.165, 1.54) is 22.9 Å². The highest BCUT2D eigenvalue weighted by atomic mass is 32.2. The highest BCUT2D eigenvalue weighted by molar-refractivity contribution is 8.00. The third-order valence-electron chi connectivity index (χ3n) is 2.80. The Hall–Kier alpha value is -1.31. The molecule has 0 fully saturated rings. The summed E-state index contributed by atoms with van der Waals surface area (Å²) in [5.74, 6) is 0.196. The first-order valence-corrected chi connectivity index (χ1v) is 8.36. The summed E-state index contributed by atoms with van der Waals surface area (Å²) in [5.41, 5.74) is 7.65. The number of aryl methyl sites for hydroxylation is 2. The highest BCUT2D eigenvalue weighted by Crippen LogP contribution is 2.22. The van der Waals surface area contributed by atoms with Crippen molar-refractivity contribution < 1.29 is 9.53 Å². The lowest BCUT2D eigenvalue weighted by Crippen LogP contribution is -2.50. The summed E-state index contributed by atoms with van der Waals surface area (Å²) in [6.07, 6.45) is 0. The second kappa shape index (κ2) is 9.66. The number of amides is 1. The molecule has 0 saturated carbocycles. The molecule has 0 bridgehead atoms. The van der Waals surface area contributed by atoms with Crippen LogP contribution in [0.4, 0.5) is 0 Å². The molecule has 0 unspecified atom stereocenters. The number of hydrogen-bond acceptors (Lipinski definition) is 4. The first-order chi connectivity index (χ1) is 10.4. The van der Waals surface area contributed by atoms with Gasteiger partial charge in [-0.25, -0.2) is 0 Å². The second-order valence-corrected chi connectivity index (χ2v) is 6.49. The van der Waals surface area contributed by atoms with Crippen LogP contribution < -0.4 is 16.2 Å². The fourth-order valence-corrected chi connectivity index (χ4v) is 2.88. The molecule has 0 aromatic heterocycles. The van der Waals surface area contributed by atoms with Crippen LogP contribution in [0.25, 0.3) is 0 Å². The van der Waals surface area contributed by atoms with Gasteiger partial charge in [-0.3, -0.25) is 15.6 Å². The fraction of sp³-hybridized carbons (Fsp3) is 0.467. The standard InChI is InChI=1S/C15H23N3O2S2/c1-10-5-6-13(11(2)7-10)22-9-14(19)17-18-15(21)16-12(3)8-20-4/h5-7,12H,8-9H2,1-4H3,(H,17,19)(H2,16,18,21)/t12-/m1/s1. The molecule has 7 heteroatoms. The zero-order chi connectivity index (χ0) is 16.5. The molecular formula is C15H23N3O2S2. The topological polar surface area (TPSA) is 62.4 Å². The predicted molar refractivity (Wildman–Crippen MR) is 95.0 cm³/mol. The molecule has 5 nitrogen and oxygen atoms in total. The molecule has 3 N–H and O–H groups in total. The van der Waals surface area contributed by atoms with E-state index in [0.717, 1.165) is 4.90 Å². The van der Waals surface area contributed by atoms with Crippen molar-refractivity contribution >= 4 is 35.0 Å². The molecule has 1 rings (SSSR count). The second-order valence-electron chi connectivity index (χ2n) is 5.06. The van der Waals surface area contributed by atoms with Crippen LogP contribution in [-0.4, -0.2) is 36.5 Å². The lowest BCUT2D eigenvalue weighted by atomic mass is 10.2. The van der Waals surface area contributed by atoms with Gasteiger partial charge in [-0.1, -0.05) is 17.7 Å². The number of hydrazine groups is 1. The first-order valence-electron chi connectivity index (χ1n) is 6.96. The van der Waals surface area contributed by atoms with Gasteiger partial charge in [0, 0.05) is 18.0 Å². The monoisotopic (exact) mass is 341 g/mol. The van der Waals surface area contributed by atoms with Gasteiger partial charge in [0.15, 0.2) is 5.11 Å². The number of thioether (sulfide) groups is 1. The molecular weight excluding hydrogens is 318 g/mol. The predicted octanol–water partition coefficient (Wildman–Crippen LogP) is 1.93. The van der Waals surface area contributed by atoms with Crippen molar-refractivity contribution in [3.63, 3.8) is 0 Å². The van der Waals surface area contributed by atoms with Crippen LogP contribution in [0, 0.1) is 13.8 Å². The number of benzene rings is 1. The number of ether oxygens (including phenoxy) is 1. The minimum absolute atomic E-state index is 0.0754. The molecule has 22 heavy (non-hydrogen) atoms. The van der Waals surface area contributed by atoms with E-state index in [1.807, 2.05) is 26.0 Å². The Morgan fingerprint density at radius 1 is 1.36 bits per heavy atom. The zero-order valence-corrected chi connectivity index (χ0v) is 15.0. The maximum absolute atomic E-state index is 11.8. The van der Waals surface area contributed by atoms with E-state index >= 15 is 0 Å². The van der Waals surface area contributed by atoms with Crippen molar-refractivity contribution in [3.8, 4) is 0 Å². The van der Waals surface area contributed by atoms with Gasteiger partial charge in [0.2, 0.25) is 5.91 Å². The molecule has 1 amide bonds. The number of nitrogens with one attached hydrogen (secondary N) is 3. The van der Waals surface area contributed by atoms with Crippen molar-refractivity contribution in [1.29, 1.82) is 0 Å². The first kappa shape index (κ1) is 18.7. The summed E-state index contributed by atoms with van der Waals surface area (Å²) in [6, 6.07) is 6.26. The van der Waals surface area contributed by atoms with E-state index in [2.05, 4.69) is 29.2 Å². The van der Waals surface area contributed by atoms with E-state index in [4.69, 9.17) is 17.0 Å². The fourth-order valence-electron chi connectivity index (χ4n) is 1.82. The summed E-state index contributed by atoms with van der Waals surface area (Å²) in [6.45, 7) is 6.58. The van der Waals surface area contributed by atoms with Gasteiger partial charge in [0.05, 0.1) is 12.4 Å². The Bertz CT molecular complexity index is 524. The lowest BCUT2D eigenvalue weighted by Gasteiger charge is -2.16. The Labute approximate surface area is 141 Å². The average molecular weight is 342 g/mol. The van der Waals surface area contributed by atoms with E-state index in [9.17, 15) is 4.79 Å². The minimum Gasteiger partial charge on any atom is -0.383 e. The van der Waals surface area contributed by atoms with Crippen LogP contribution in [0.1, 0.15) is 18.1 Å². The van der Waals surface area contributed by atoms with Crippen LogP contribution in [0.5, 0.6) is 0 Å². The quantitative estimate of drug-likeness (QED) is 0.417. The summed E-state index contributed by atoms with van der Waals surface area (Å²) < 4.78 is 5.00. The summed E-state index contributed by atoms with van der Waals surface area (Å²) >= 11 is 6.58. The summed E-state index contributed by atoms with van der Waals surface area (Å²) in [7, 11) is 1.63. The maximum Gasteiger partial charge on any atom is 0.248 e. The number of hydrogen-bond donors (Lipinski definition) is 3. The molecule has 0 heterocycles. The number of carbonyl (C=O) groups is 1. The van der Waals surface area contributed by atoms with E-state index < -0.39 is 0 Å². The van der Waals surface area contributed by atoms with Gasteiger partial charge in [0.25, 0.3) is 0 Å². The SMILES string of the molecule is COC[C@@H](C)NC(=S)NNC(=O)CSc1ccc(C)cc1C. The van der Waals surface area contributed by atoms with Crippen LogP contribution >= 0.6 is 24.0 Å². The van der Waals surface area contributed by atoms with Crippen molar-refractivity contribution in [2.45, 2.75) is 31.7 Å². The van der Waals surface area contributed by atoms with Gasteiger partial charge in [-0.05, 0) is 44.6 Å². The van der Waals surface area contributed by atoms with Gasteiger partial charge < -0.3 is 10.1 Å². The molecule has 1 aromatic rings. The van der Waals surface area contributed by atoms with Crippen molar-refractivity contribution in [2.75, 3.05) is 19.5 Å². The average Bonchev–Trinajstić information content (AvgIpc) is 2.44. The van der Waals surface area contributed by atoms with Gasteiger partial charge >= 0.3 is 0 Å². The Morgan fingerprint density at radius 3 is 2.73 bits per heavy atom. The number of rotatable bonds is 6. The van der Waals surface area contributed by atoms with Gasteiger partial charge in [0.1, 0.15) is 0 Å². The highest BCUT2D eigenvalue weighted by Gasteiger charge is 2.07. The zero-order valence-electron chi connectivity index (χ0n) is 13.4. The Balaban J connectivity index is 2.30. The molecule has 1 aromatic carbocycles. The third kappa shape index (κ3) is 7.11. The molecule has 0 aliphatic rings. The molecule has 0 spiro atoms. The normalized spacial score (nSPS) is 11.6. The molecule has 122 valence electrons. The van der Waals surface area contributed by atoms with Crippen LogP contribution in [0.15, 0.2) is 23.1 Å². The van der Waals surface area contributed by atoms with Gasteiger partial charge in [-0.15, -0.1) is 11.8 Å². The molecule has 0 aliphatic heterocycles. The summed E-state index contributed by atoms with van der Waals surface area (Å²) in [5, 5.41) is 3.37. The largest absolute Gasteiger partial charge is 0.383 e. The minimum atomic E-state index is -0.131. The van der Waals surface area contributed by atoms with Crippen molar-refractivity contribution in [1.82, 2.24) is 16.2 Å². The number of carbonyl (C=O) groups excluding carboxylic acids is 1. The lowest BCUT2D eigenvalue weighted by molar-refractivity contribution is -0.119. The molecule has 1 atom stereocenters. The van der Waals surface area contributed by atoms with Crippen LogP contribution in [0.3, 0.4) is 0 Å². The Morgan fingerprint density at radius 2 is 2.09 bits per heavy atom. The number of methoxy groups -OCH3 is 1. The number of thiocarbonyl (C=S) groups is 1. The van der Waals surface area contributed by atoms with Crippen molar-refractivity contribution in [3.05, 3.63) is 29.3 Å². The van der Waals surface area contributed by atoms with Crippen molar-refractivity contribution in [2.24, 2.45) is 0 Å².